The van der Waals surface area contributed by atoms with Gasteiger partial charge in [0.25, 0.3) is 10.0 Å². The first-order valence-corrected chi connectivity index (χ1v) is 9.71. The van der Waals surface area contributed by atoms with Crippen LogP contribution in [-0.4, -0.2) is 15.0 Å². The molecule has 0 radical (unpaired) electrons. The third-order valence-corrected chi connectivity index (χ3v) is 5.92. The maximum atomic E-state index is 12.4. The van der Waals surface area contributed by atoms with Crippen molar-refractivity contribution < 1.29 is 8.42 Å². The number of nitrogens with one attached hydrogen (secondary N) is 2. The van der Waals surface area contributed by atoms with Crippen LogP contribution in [0, 0.1) is 0 Å². The van der Waals surface area contributed by atoms with Gasteiger partial charge in [-0.15, -0.1) is 11.3 Å². The zero-order valence-corrected chi connectivity index (χ0v) is 15.2. The molecule has 0 amide bonds. The number of anilines is 1. The Morgan fingerprint density at radius 3 is 2.81 bits per heavy atom. The summed E-state index contributed by atoms with van der Waals surface area (Å²) in [6, 6.07) is 6.68. The van der Waals surface area contributed by atoms with Crippen LogP contribution in [0.25, 0.3) is 0 Å². The average Bonchev–Trinajstić information content (AvgIpc) is 2.90. The Hall–Kier alpha value is -0.600. The summed E-state index contributed by atoms with van der Waals surface area (Å²) in [7, 11) is -3.63. The Morgan fingerprint density at radius 1 is 1.33 bits per heavy atom. The molecule has 1 aromatic carbocycles. The van der Waals surface area contributed by atoms with E-state index < -0.39 is 10.0 Å². The Kier molecular flexibility index (Phi) is 5.67. The third kappa shape index (κ3) is 4.43. The Bertz CT molecular complexity index is 732. The Labute approximate surface area is 141 Å². The van der Waals surface area contributed by atoms with E-state index in [9.17, 15) is 8.42 Å². The zero-order chi connectivity index (χ0) is 15.5. The minimum absolute atomic E-state index is 0.247. The molecule has 0 atom stereocenters. The van der Waals surface area contributed by atoms with E-state index in [0.29, 0.717) is 17.3 Å². The third-order valence-electron chi connectivity index (χ3n) is 2.66. The van der Waals surface area contributed by atoms with Gasteiger partial charge in [-0.3, -0.25) is 4.72 Å². The molecule has 0 fully saturated rings. The maximum absolute atomic E-state index is 12.4. The molecule has 0 spiro atoms. The second-order valence-corrected chi connectivity index (χ2v) is 8.26. The van der Waals surface area contributed by atoms with E-state index in [2.05, 4.69) is 26.0 Å². The van der Waals surface area contributed by atoms with Crippen molar-refractivity contribution in [2.45, 2.75) is 18.4 Å². The van der Waals surface area contributed by atoms with Crippen molar-refractivity contribution in [2.24, 2.45) is 0 Å². The summed E-state index contributed by atoms with van der Waals surface area (Å²) in [5.41, 5.74) is 0.352. The van der Waals surface area contributed by atoms with Gasteiger partial charge in [-0.05, 0) is 30.8 Å². The van der Waals surface area contributed by atoms with Gasteiger partial charge in [0.2, 0.25) is 0 Å². The zero-order valence-electron chi connectivity index (χ0n) is 11.2. The second kappa shape index (κ2) is 7.11. The van der Waals surface area contributed by atoms with E-state index in [1.165, 1.54) is 11.3 Å². The molecule has 4 nitrogen and oxygen atoms in total. The van der Waals surface area contributed by atoms with Crippen LogP contribution in [-0.2, 0) is 16.6 Å². The predicted molar refractivity (Wildman–Crippen MR) is 91.7 cm³/mol. The minimum atomic E-state index is -3.63. The fourth-order valence-corrected chi connectivity index (χ4v) is 4.52. The van der Waals surface area contributed by atoms with Crippen molar-refractivity contribution in [3.63, 3.8) is 0 Å². The molecule has 0 saturated heterocycles. The van der Waals surface area contributed by atoms with Gasteiger partial charge in [-0.25, -0.2) is 8.42 Å². The lowest BCUT2D eigenvalue weighted by atomic mass is 10.3. The molecule has 2 aromatic rings. The Morgan fingerprint density at radius 2 is 2.10 bits per heavy atom. The summed E-state index contributed by atoms with van der Waals surface area (Å²) in [4.78, 5) is 1.22. The van der Waals surface area contributed by atoms with E-state index >= 15 is 0 Å². The molecule has 2 N–H and O–H groups in total. The molecule has 2 rings (SSSR count). The molecule has 0 saturated carbocycles. The fourth-order valence-electron chi connectivity index (χ4n) is 1.62. The topological polar surface area (TPSA) is 58.2 Å². The first-order chi connectivity index (χ1) is 9.92. The molecule has 114 valence electrons. The lowest BCUT2D eigenvalue weighted by Crippen LogP contribution is -2.13. The lowest BCUT2D eigenvalue weighted by molar-refractivity contribution is 0.601. The van der Waals surface area contributed by atoms with Gasteiger partial charge in [0.15, 0.2) is 0 Å². The maximum Gasteiger partial charge on any atom is 0.262 e. The van der Waals surface area contributed by atoms with Crippen LogP contribution in [0.3, 0.4) is 0 Å². The number of rotatable bonds is 6. The van der Waals surface area contributed by atoms with Crippen LogP contribution in [0.4, 0.5) is 5.69 Å². The van der Waals surface area contributed by atoms with Crippen molar-refractivity contribution in [3.8, 4) is 0 Å². The van der Waals surface area contributed by atoms with Crippen LogP contribution >= 0.6 is 38.9 Å². The highest BCUT2D eigenvalue weighted by Crippen LogP contribution is 2.29. The Balaban J connectivity index is 2.22. The van der Waals surface area contributed by atoms with Gasteiger partial charge < -0.3 is 5.32 Å². The van der Waals surface area contributed by atoms with E-state index in [1.807, 2.05) is 6.92 Å². The van der Waals surface area contributed by atoms with Crippen molar-refractivity contribution in [1.29, 1.82) is 0 Å². The SMILES string of the molecule is CCNCc1cc(S(=O)(=O)Nc2cc(Br)ccc2Cl)cs1. The molecule has 0 aliphatic rings. The van der Waals surface area contributed by atoms with Crippen molar-refractivity contribution >= 4 is 54.6 Å². The number of sulfonamides is 1. The molecule has 8 heteroatoms. The van der Waals surface area contributed by atoms with Gasteiger partial charge in [0.05, 0.1) is 15.6 Å². The highest BCUT2D eigenvalue weighted by Gasteiger charge is 2.17. The summed E-state index contributed by atoms with van der Waals surface area (Å²) in [5, 5.41) is 5.14. The van der Waals surface area contributed by atoms with E-state index in [0.717, 1.165) is 15.9 Å². The summed E-state index contributed by atoms with van der Waals surface area (Å²) >= 11 is 10.7. The quantitative estimate of drug-likeness (QED) is 0.756. The van der Waals surface area contributed by atoms with Crippen molar-refractivity contribution in [3.05, 3.63) is 44.0 Å². The monoisotopic (exact) mass is 408 g/mol. The second-order valence-electron chi connectivity index (χ2n) is 4.26. The standard InChI is InChI=1S/C13H14BrClN2O2S2/c1-2-16-7-10-6-11(8-20-10)21(18,19)17-13-5-9(14)3-4-12(13)15/h3-6,8,16-17H,2,7H2,1H3. The van der Waals surface area contributed by atoms with Gasteiger partial charge >= 0.3 is 0 Å². The summed E-state index contributed by atoms with van der Waals surface area (Å²) in [6.07, 6.45) is 0. The summed E-state index contributed by atoms with van der Waals surface area (Å²) in [5.74, 6) is 0. The predicted octanol–water partition coefficient (Wildman–Crippen LogP) is 4.07. The molecule has 1 heterocycles. The van der Waals surface area contributed by atoms with Crippen LogP contribution in [0.1, 0.15) is 11.8 Å². The van der Waals surface area contributed by atoms with Crippen molar-refractivity contribution in [2.75, 3.05) is 11.3 Å². The fraction of sp³-hybridized carbons (Fsp3) is 0.231. The number of hydrogen-bond acceptors (Lipinski definition) is 4. The van der Waals surface area contributed by atoms with E-state index in [4.69, 9.17) is 11.6 Å². The average molecular weight is 410 g/mol. The van der Waals surface area contributed by atoms with Crippen LogP contribution in [0.2, 0.25) is 5.02 Å². The first-order valence-electron chi connectivity index (χ1n) is 6.18. The molecular weight excluding hydrogens is 396 g/mol. The summed E-state index contributed by atoms with van der Waals surface area (Å²) in [6.45, 7) is 3.50. The molecule has 0 bridgehead atoms. The van der Waals surface area contributed by atoms with E-state index in [1.54, 1.807) is 29.6 Å². The molecule has 21 heavy (non-hydrogen) atoms. The lowest BCUT2D eigenvalue weighted by Gasteiger charge is -2.08. The molecule has 0 aliphatic heterocycles. The van der Waals surface area contributed by atoms with Gasteiger partial charge in [0.1, 0.15) is 0 Å². The number of hydrogen-bond donors (Lipinski definition) is 2. The van der Waals surface area contributed by atoms with E-state index in [-0.39, 0.29) is 4.90 Å². The van der Waals surface area contributed by atoms with Crippen LogP contribution in [0.15, 0.2) is 39.0 Å². The molecule has 0 aliphatic carbocycles. The molecule has 1 aromatic heterocycles. The normalized spacial score (nSPS) is 11.6. The van der Waals surface area contributed by atoms with Crippen molar-refractivity contribution in [1.82, 2.24) is 5.32 Å². The highest BCUT2D eigenvalue weighted by molar-refractivity contribution is 9.10. The largest absolute Gasteiger partial charge is 0.312 e. The number of thiophene rings is 1. The molecule has 0 unspecified atom stereocenters. The first kappa shape index (κ1) is 16.8. The van der Waals surface area contributed by atoms with Crippen LogP contribution in [0.5, 0.6) is 0 Å². The summed E-state index contributed by atoms with van der Waals surface area (Å²) < 4.78 is 28.0. The minimum Gasteiger partial charge on any atom is -0.312 e. The van der Waals surface area contributed by atoms with Gasteiger partial charge in [-0.2, -0.15) is 0 Å². The number of benzene rings is 1. The number of halogens is 2. The van der Waals surface area contributed by atoms with Gasteiger partial charge in [0, 0.05) is 21.3 Å². The molecular formula is C13H14BrClN2O2S2. The van der Waals surface area contributed by atoms with Crippen LogP contribution < -0.4 is 10.0 Å². The highest BCUT2D eigenvalue weighted by atomic mass is 79.9. The van der Waals surface area contributed by atoms with Gasteiger partial charge in [-0.1, -0.05) is 34.5 Å². The smallest absolute Gasteiger partial charge is 0.262 e.